The molecule has 0 fully saturated rings. The Morgan fingerprint density at radius 1 is 1.17 bits per heavy atom. The summed E-state index contributed by atoms with van der Waals surface area (Å²) in [6.07, 6.45) is 5.39. The molecule has 2 heterocycles. The summed E-state index contributed by atoms with van der Waals surface area (Å²) in [7, 11) is 0. The minimum atomic E-state index is 0.643. The van der Waals surface area contributed by atoms with Crippen LogP contribution in [0, 0.1) is 0 Å². The number of thiazole rings is 1. The molecule has 2 nitrogen and oxygen atoms in total. The first-order valence-electron chi connectivity index (χ1n) is 5.46. The van der Waals surface area contributed by atoms with E-state index in [1.54, 1.807) is 23.7 Å². The van der Waals surface area contributed by atoms with Crippen molar-refractivity contribution < 1.29 is 0 Å². The highest BCUT2D eigenvalue weighted by Gasteiger charge is 2.06. The number of halogens is 1. The second kappa shape index (κ2) is 4.88. The molecule has 3 rings (SSSR count). The van der Waals surface area contributed by atoms with Crippen LogP contribution < -0.4 is 0 Å². The van der Waals surface area contributed by atoms with Crippen LogP contribution in [0.3, 0.4) is 0 Å². The summed E-state index contributed by atoms with van der Waals surface area (Å²) in [6, 6.07) is 11.9. The number of fused-ring (bicyclic) bond motifs is 1. The molecule has 4 heteroatoms. The van der Waals surface area contributed by atoms with Crippen molar-refractivity contribution in [3.05, 3.63) is 59.4 Å². The number of rotatable bonds is 2. The molecule has 88 valence electrons. The predicted octanol–water partition coefficient (Wildman–Crippen LogP) is 4.43. The SMILES string of the molecule is Cl/C(=C/c1cccnc1)c1nc2ccccc2s1. The van der Waals surface area contributed by atoms with E-state index >= 15 is 0 Å². The lowest BCUT2D eigenvalue weighted by Gasteiger charge is -1.93. The van der Waals surface area contributed by atoms with Crippen LogP contribution in [0.5, 0.6) is 0 Å². The average Bonchev–Trinajstić information content (AvgIpc) is 2.84. The zero-order valence-corrected chi connectivity index (χ0v) is 10.9. The zero-order chi connectivity index (χ0) is 12.4. The Morgan fingerprint density at radius 3 is 2.83 bits per heavy atom. The largest absolute Gasteiger partial charge is 0.264 e. The maximum absolute atomic E-state index is 6.29. The fourth-order valence-corrected chi connectivity index (χ4v) is 2.80. The molecule has 0 spiro atoms. The second-order valence-corrected chi connectivity index (χ2v) is 5.20. The quantitative estimate of drug-likeness (QED) is 0.690. The van der Waals surface area contributed by atoms with Gasteiger partial charge in [0.2, 0.25) is 0 Å². The molecule has 0 aliphatic rings. The fourth-order valence-electron chi connectivity index (χ4n) is 1.64. The van der Waals surface area contributed by atoms with Crippen molar-refractivity contribution >= 4 is 44.3 Å². The summed E-state index contributed by atoms with van der Waals surface area (Å²) in [5.74, 6) is 0. The molecular formula is C14H9ClN2S. The first kappa shape index (κ1) is 11.4. The van der Waals surface area contributed by atoms with Crippen LogP contribution in [-0.4, -0.2) is 9.97 Å². The molecular weight excluding hydrogens is 264 g/mol. The van der Waals surface area contributed by atoms with Crippen molar-refractivity contribution in [3.8, 4) is 0 Å². The standard InChI is InChI=1S/C14H9ClN2S/c15-11(8-10-4-3-7-16-9-10)14-17-12-5-1-2-6-13(12)18-14/h1-9H/b11-8+. The van der Waals surface area contributed by atoms with Crippen molar-refractivity contribution in [3.63, 3.8) is 0 Å². The number of benzene rings is 1. The Balaban J connectivity index is 2.01. The highest BCUT2D eigenvalue weighted by Crippen LogP contribution is 2.30. The molecule has 1 aromatic carbocycles. The fraction of sp³-hybridized carbons (Fsp3) is 0. The Morgan fingerprint density at radius 2 is 2.06 bits per heavy atom. The van der Waals surface area contributed by atoms with E-state index in [0.717, 1.165) is 20.8 Å². The summed E-state index contributed by atoms with van der Waals surface area (Å²) >= 11 is 7.89. The van der Waals surface area contributed by atoms with E-state index in [2.05, 4.69) is 9.97 Å². The molecule has 0 unspecified atom stereocenters. The molecule has 0 bridgehead atoms. The van der Waals surface area contributed by atoms with Gasteiger partial charge < -0.3 is 0 Å². The summed E-state index contributed by atoms with van der Waals surface area (Å²) < 4.78 is 1.14. The number of aromatic nitrogens is 2. The topological polar surface area (TPSA) is 25.8 Å². The number of hydrogen-bond acceptors (Lipinski definition) is 3. The van der Waals surface area contributed by atoms with Gasteiger partial charge >= 0.3 is 0 Å². The first-order valence-corrected chi connectivity index (χ1v) is 6.65. The molecule has 0 saturated carbocycles. The van der Waals surface area contributed by atoms with Crippen LogP contribution in [0.1, 0.15) is 10.6 Å². The lowest BCUT2D eigenvalue weighted by molar-refractivity contribution is 1.32. The van der Waals surface area contributed by atoms with E-state index in [1.807, 2.05) is 42.5 Å². The predicted molar refractivity (Wildman–Crippen MR) is 77.6 cm³/mol. The lowest BCUT2D eigenvalue weighted by atomic mass is 10.2. The molecule has 18 heavy (non-hydrogen) atoms. The normalized spacial score (nSPS) is 11.9. The molecule has 0 N–H and O–H groups in total. The first-order chi connectivity index (χ1) is 8.83. The maximum Gasteiger partial charge on any atom is 0.136 e. The highest BCUT2D eigenvalue weighted by molar-refractivity contribution is 7.20. The van der Waals surface area contributed by atoms with Gasteiger partial charge in [-0.25, -0.2) is 4.98 Å². The van der Waals surface area contributed by atoms with Gasteiger partial charge in [0.05, 0.1) is 15.2 Å². The Labute approximate surface area is 114 Å². The Hall–Kier alpha value is -1.71. The second-order valence-electron chi connectivity index (χ2n) is 3.77. The van der Waals surface area contributed by atoms with Crippen LogP contribution in [0.2, 0.25) is 0 Å². The zero-order valence-electron chi connectivity index (χ0n) is 9.38. The van der Waals surface area contributed by atoms with E-state index < -0.39 is 0 Å². The van der Waals surface area contributed by atoms with E-state index in [1.165, 1.54) is 0 Å². The van der Waals surface area contributed by atoms with Gasteiger partial charge in [0.25, 0.3) is 0 Å². The van der Waals surface area contributed by atoms with Crippen LogP contribution in [0.25, 0.3) is 21.3 Å². The molecule has 2 aromatic heterocycles. The molecule has 0 aliphatic carbocycles. The van der Waals surface area contributed by atoms with Crippen LogP contribution >= 0.6 is 22.9 Å². The van der Waals surface area contributed by atoms with Gasteiger partial charge in [-0.05, 0) is 29.8 Å². The van der Waals surface area contributed by atoms with Gasteiger partial charge in [-0.2, -0.15) is 0 Å². The van der Waals surface area contributed by atoms with E-state index in [-0.39, 0.29) is 0 Å². The minimum Gasteiger partial charge on any atom is -0.264 e. The third-order valence-corrected chi connectivity index (χ3v) is 3.95. The van der Waals surface area contributed by atoms with Crippen molar-refractivity contribution in [1.82, 2.24) is 9.97 Å². The molecule has 0 amide bonds. The molecule has 3 aromatic rings. The van der Waals surface area contributed by atoms with Crippen molar-refractivity contribution in [1.29, 1.82) is 0 Å². The molecule has 0 saturated heterocycles. The smallest absolute Gasteiger partial charge is 0.136 e. The van der Waals surface area contributed by atoms with Crippen molar-refractivity contribution in [2.24, 2.45) is 0 Å². The summed E-state index contributed by atoms with van der Waals surface area (Å²) in [5.41, 5.74) is 1.96. The van der Waals surface area contributed by atoms with Gasteiger partial charge in [-0.1, -0.05) is 29.8 Å². The lowest BCUT2D eigenvalue weighted by Crippen LogP contribution is -1.77. The number of nitrogens with zero attached hydrogens (tertiary/aromatic N) is 2. The van der Waals surface area contributed by atoms with E-state index in [4.69, 9.17) is 11.6 Å². The summed E-state index contributed by atoms with van der Waals surface area (Å²) in [6.45, 7) is 0. The third-order valence-electron chi connectivity index (χ3n) is 2.48. The van der Waals surface area contributed by atoms with Gasteiger partial charge in [0.1, 0.15) is 5.01 Å². The van der Waals surface area contributed by atoms with Crippen molar-refractivity contribution in [2.75, 3.05) is 0 Å². The van der Waals surface area contributed by atoms with Crippen LogP contribution in [-0.2, 0) is 0 Å². The molecule has 0 radical (unpaired) electrons. The summed E-state index contributed by atoms with van der Waals surface area (Å²) in [4.78, 5) is 8.56. The van der Waals surface area contributed by atoms with Crippen molar-refractivity contribution in [2.45, 2.75) is 0 Å². The summed E-state index contributed by atoms with van der Waals surface area (Å²) in [5, 5.41) is 1.48. The minimum absolute atomic E-state index is 0.643. The monoisotopic (exact) mass is 272 g/mol. The highest BCUT2D eigenvalue weighted by atomic mass is 35.5. The third kappa shape index (κ3) is 2.28. The van der Waals surface area contributed by atoms with Crippen LogP contribution in [0.15, 0.2) is 48.8 Å². The Bertz CT molecular complexity index is 671. The number of hydrogen-bond donors (Lipinski definition) is 0. The van der Waals surface area contributed by atoms with Gasteiger partial charge in [0.15, 0.2) is 0 Å². The molecule has 0 aliphatic heterocycles. The van der Waals surface area contributed by atoms with E-state index in [0.29, 0.717) is 5.03 Å². The van der Waals surface area contributed by atoms with Gasteiger partial charge in [-0.3, -0.25) is 4.98 Å². The van der Waals surface area contributed by atoms with E-state index in [9.17, 15) is 0 Å². The average molecular weight is 273 g/mol. The molecule has 0 atom stereocenters. The number of para-hydroxylation sites is 1. The van der Waals surface area contributed by atoms with Gasteiger partial charge in [0, 0.05) is 12.4 Å². The maximum atomic E-state index is 6.29. The number of pyridine rings is 1. The Kier molecular flexibility index (Phi) is 3.09. The van der Waals surface area contributed by atoms with Gasteiger partial charge in [-0.15, -0.1) is 11.3 Å². The van der Waals surface area contributed by atoms with Crippen LogP contribution in [0.4, 0.5) is 0 Å².